The van der Waals surface area contributed by atoms with Crippen molar-refractivity contribution in [2.24, 2.45) is 0 Å². The molecule has 0 amide bonds. The lowest BCUT2D eigenvalue weighted by Gasteiger charge is -1.92. The van der Waals surface area contributed by atoms with Crippen LogP contribution in [0.4, 0.5) is 0 Å². The monoisotopic (exact) mass is 151 g/mol. The highest BCUT2D eigenvalue weighted by atomic mass is 32.2. The minimum Gasteiger partial charge on any atom is -0.287 e. The van der Waals surface area contributed by atoms with Gasteiger partial charge < -0.3 is 0 Å². The average molecular weight is 151 g/mol. The molecule has 1 rings (SSSR count). The summed E-state index contributed by atoms with van der Waals surface area (Å²) in [5.41, 5.74) is 0. The molecule has 0 aliphatic rings. The molecule has 0 fully saturated rings. The number of carbonyl (C=O) groups excluding carboxylic acids is 1. The molecule has 51 valence electrons. The SMILES string of the molecule is CC(=O)Sc1cc[c]cc1. The third kappa shape index (κ3) is 2.23. The number of hydrogen-bond acceptors (Lipinski definition) is 2. The fourth-order valence-electron chi connectivity index (χ4n) is 0.606. The lowest BCUT2D eigenvalue weighted by molar-refractivity contribution is -0.109. The molecule has 0 aliphatic carbocycles. The van der Waals surface area contributed by atoms with Gasteiger partial charge in [0.25, 0.3) is 0 Å². The van der Waals surface area contributed by atoms with E-state index in [9.17, 15) is 4.79 Å². The Morgan fingerprint density at radius 2 is 2.10 bits per heavy atom. The Labute approximate surface area is 64.4 Å². The molecule has 1 radical (unpaired) electrons. The number of hydrogen-bond donors (Lipinski definition) is 0. The molecule has 0 saturated heterocycles. The molecular formula is C8H7OS. The Morgan fingerprint density at radius 1 is 1.50 bits per heavy atom. The molecule has 0 heterocycles. The van der Waals surface area contributed by atoms with Gasteiger partial charge in [-0.1, -0.05) is 23.9 Å². The van der Waals surface area contributed by atoms with E-state index in [2.05, 4.69) is 6.07 Å². The van der Waals surface area contributed by atoms with Crippen molar-refractivity contribution < 1.29 is 4.79 Å². The van der Waals surface area contributed by atoms with Gasteiger partial charge in [0.05, 0.1) is 0 Å². The van der Waals surface area contributed by atoms with Crippen LogP contribution >= 0.6 is 11.8 Å². The predicted molar refractivity (Wildman–Crippen MR) is 41.8 cm³/mol. The van der Waals surface area contributed by atoms with Crippen molar-refractivity contribution in [3.63, 3.8) is 0 Å². The molecule has 1 aromatic rings. The summed E-state index contributed by atoms with van der Waals surface area (Å²) < 4.78 is 0. The lowest BCUT2D eigenvalue weighted by Crippen LogP contribution is -1.79. The summed E-state index contributed by atoms with van der Waals surface area (Å²) in [5, 5.41) is 0.117. The first-order valence-electron chi connectivity index (χ1n) is 2.93. The van der Waals surface area contributed by atoms with E-state index in [1.165, 1.54) is 11.8 Å². The van der Waals surface area contributed by atoms with Crippen LogP contribution in [0.2, 0.25) is 0 Å². The summed E-state index contributed by atoms with van der Waals surface area (Å²) in [6, 6.07) is 10.2. The molecular weight excluding hydrogens is 144 g/mol. The van der Waals surface area contributed by atoms with E-state index in [0.717, 1.165) is 4.90 Å². The third-order valence-electron chi connectivity index (χ3n) is 0.949. The van der Waals surface area contributed by atoms with Crippen LogP contribution in [-0.2, 0) is 4.79 Å². The first-order chi connectivity index (χ1) is 4.79. The number of benzene rings is 1. The van der Waals surface area contributed by atoms with E-state index < -0.39 is 0 Å². The normalized spacial score (nSPS) is 9.30. The van der Waals surface area contributed by atoms with Crippen LogP contribution in [0.3, 0.4) is 0 Å². The first kappa shape index (κ1) is 7.35. The highest BCUT2D eigenvalue weighted by molar-refractivity contribution is 8.13. The molecule has 1 nitrogen and oxygen atoms in total. The van der Waals surface area contributed by atoms with E-state index in [4.69, 9.17) is 0 Å². The Morgan fingerprint density at radius 3 is 2.60 bits per heavy atom. The van der Waals surface area contributed by atoms with Crippen LogP contribution in [-0.4, -0.2) is 5.12 Å². The van der Waals surface area contributed by atoms with Gasteiger partial charge in [0.1, 0.15) is 0 Å². The molecule has 0 bridgehead atoms. The van der Waals surface area contributed by atoms with Crippen LogP contribution in [0, 0.1) is 6.07 Å². The number of thioether (sulfide) groups is 1. The summed E-state index contributed by atoms with van der Waals surface area (Å²) in [7, 11) is 0. The summed E-state index contributed by atoms with van der Waals surface area (Å²) in [5.74, 6) is 0. The zero-order valence-corrected chi connectivity index (χ0v) is 6.44. The first-order valence-corrected chi connectivity index (χ1v) is 3.75. The molecule has 0 spiro atoms. The number of carbonyl (C=O) groups is 1. The predicted octanol–water partition coefficient (Wildman–Crippen LogP) is 2.13. The Kier molecular flexibility index (Phi) is 2.51. The second kappa shape index (κ2) is 3.42. The van der Waals surface area contributed by atoms with Gasteiger partial charge in [0, 0.05) is 11.8 Å². The summed E-state index contributed by atoms with van der Waals surface area (Å²) in [6.07, 6.45) is 0. The van der Waals surface area contributed by atoms with Crippen molar-refractivity contribution in [1.29, 1.82) is 0 Å². The maximum absolute atomic E-state index is 10.6. The molecule has 0 aromatic heterocycles. The summed E-state index contributed by atoms with van der Waals surface area (Å²) in [6.45, 7) is 1.56. The molecule has 0 N–H and O–H groups in total. The van der Waals surface area contributed by atoms with E-state index in [-0.39, 0.29) is 5.12 Å². The van der Waals surface area contributed by atoms with Gasteiger partial charge in [0.2, 0.25) is 0 Å². The van der Waals surface area contributed by atoms with E-state index in [1.54, 1.807) is 19.1 Å². The Hall–Kier alpha value is -0.760. The lowest BCUT2D eigenvalue weighted by atomic mass is 10.4. The van der Waals surface area contributed by atoms with Gasteiger partial charge in [0.15, 0.2) is 5.12 Å². The molecule has 10 heavy (non-hydrogen) atoms. The second-order valence-electron chi connectivity index (χ2n) is 1.83. The van der Waals surface area contributed by atoms with Crippen molar-refractivity contribution in [2.75, 3.05) is 0 Å². The van der Waals surface area contributed by atoms with Crippen molar-refractivity contribution in [3.8, 4) is 0 Å². The largest absolute Gasteiger partial charge is 0.287 e. The van der Waals surface area contributed by atoms with Crippen LogP contribution in [0.25, 0.3) is 0 Å². The van der Waals surface area contributed by atoms with Gasteiger partial charge in [-0.05, 0) is 18.2 Å². The zero-order chi connectivity index (χ0) is 7.40. The second-order valence-corrected chi connectivity index (χ2v) is 3.08. The minimum absolute atomic E-state index is 0.117. The fraction of sp³-hybridized carbons (Fsp3) is 0.125. The van der Waals surface area contributed by atoms with E-state index in [1.807, 2.05) is 12.1 Å². The molecule has 0 unspecified atom stereocenters. The molecule has 1 aromatic carbocycles. The minimum atomic E-state index is 0.117. The standard InChI is InChI=1S/C8H7OS/c1-7(9)10-8-5-3-2-4-6-8/h3-6H,1H3. The summed E-state index contributed by atoms with van der Waals surface area (Å²) in [4.78, 5) is 11.5. The molecule has 0 aliphatic heterocycles. The quantitative estimate of drug-likeness (QED) is 0.572. The Bertz CT molecular complexity index is 218. The maximum atomic E-state index is 10.6. The van der Waals surface area contributed by atoms with E-state index >= 15 is 0 Å². The molecule has 2 heteroatoms. The van der Waals surface area contributed by atoms with Crippen molar-refractivity contribution in [1.82, 2.24) is 0 Å². The fourth-order valence-corrected chi connectivity index (χ4v) is 1.21. The third-order valence-corrected chi connectivity index (χ3v) is 1.74. The highest BCUT2D eigenvalue weighted by Crippen LogP contribution is 2.16. The van der Waals surface area contributed by atoms with Crippen LogP contribution in [0.15, 0.2) is 29.2 Å². The summed E-state index contributed by atoms with van der Waals surface area (Å²) >= 11 is 1.24. The maximum Gasteiger partial charge on any atom is 0.190 e. The van der Waals surface area contributed by atoms with Gasteiger partial charge >= 0.3 is 0 Å². The smallest absolute Gasteiger partial charge is 0.190 e. The molecule has 0 saturated carbocycles. The van der Waals surface area contributed by atoms with E-state index in [0.29, 0.717) is 0 Å². The van der Waals surface area contributed by atoms with Gasteiger partial charge in [-0.2, -0.15) is 0 Å². The van der Waals surface area contributed by atoms with Gasteiger partial charge in [-0.25, -0.2) is 0 Å². The topological polar surface area (TPSA) is 17.1 Å². The number of rotatable bonds is 1. The Balaban J connectivity index is 2.67. The van der Waals surface area contributed by atoms with Gasteiger partial charge in [-0.15, -0.1) is 0 Å². The van der Waals surface area contributed by atoms with Crippen LogP contribution in [0.1, 0.15) is 6.92 Å². The van der Waals surface area contributed by atoms with Gasteiger partial charge in [-0.3, -0.25) is 4.79 Å². The van der Waals surface area contributed by atoms with Crippen molar-refractivity contribution in [3.05, 3.63) is 30.3 Å². The van der Waals surface area contributed by atoms with Crippen molar-refractivity contribution in [2.45, 2.75) is 11.8 Å². The van der Waals surface area contributed by atoms with Crippen LogP contribution in [0.5, 0.6) is 0 Å². The highest BCUT2D eigenvalue weighted by Gasteiger charge is 1.94. The zero-order valence-electron chi connectivity index (χ0n) is 5.63. The van der Waals surface area contributed by atoms with Crippen molar-refractivity contribution >= 4 is 16.9 Å². The molecule has 0 atom stereocenters. The average Bonchev–Trinajstić information content (AvgIpc) is 1.88. The van der Waals surface area contributed by atoms with Crippen LogP contribution < -0.4 is 0 Å².